The first-order valence-electron chi connectivity index (χ1n) is 11.5. The average molecular weight is 535 g/mol. The average Bonchev–Trinajstić information content (AvgIpc) is 3.31. The normalized spacial score (nSPS) is 15.5. The van der Waals surface area contributed by atoms with Crippen molar-refractivity contribution in [2.75, 3.05) is 18.9 Å². The molecule has 0 atom stereocenters. The highest BCUT2D eigenvalue weighted by Gasteiger charge is 2.30. The zero-order valence-electron chi connectivity index (χ0n) is 20.5. The molecule has 1 aliphatic carbocycles. The molecule has 3 aromatic rings. The third-order valence-corrected chi connectivity index (χ3v) is 8.37. The van der Waals surface area contributed by atoms with E-state index in [1.54, 1.807) is 5.38 Å². The number of hydrogen-bond acceptors (Lipinski definition) is 7. The zero-order valence-corrected chi connectivity index (χ0v) is 22.1. The topological polar surface area (TPSA) is 80.7 Å². The Morgan fingerprint density at radius 3 is 2.56 bits per heavy atom. The minimum Gasteiger partial charge on any atom is -0.495 e. The summed E-state index contributed by atoms with van der Waals surface area (Å²) in [4.78, 5) is 15.7. The van der Waals surface area contributed by atoms with Gasteiger partial charge in [0.15, 0.2) is 11.6 Å². The third-order valence-electron chi connectivity index (χ3n) is 6.61. The molecule has 36 heavy (non-hydrogen) atoms. The maximum atomic E-state index is 15.5. The number of hydrogen-bond donors (Lipinski definition) is 2. The molecule has 0 saturated heterocycles. The molecule has 0 aliphatic heterocycles. The molecule has 0 amide bonds. The summed E-state index contributed by atoms with van der Waals surface area (Å²) in [7, 11) is 2.83. The van der Waals surface area contributed by atoms with E-state index in [0.717, 1.165) is 49.8 Å². The zero-order chi connectivity index (χ0) is 26.0. The van der Waals surface area contributed by atoms with Crippen molar-refractivity contribution in [3.63, 3.8) is 0 Å². The number of carboxylic acid groups (broad SMARTS) is 1. The van der Waals surface area contributed by atoms with Gasteiger partial charge in [-0.25, -0.2) is 18.6 Å². The van der Waals surface area contributed by atoms with Crippen LogP contribution < -0.4 is 14.2 Å². The molecular formula is C26H28F2N2O4S2. The third kappa shape index (κ3) is 5.44. The number of nitrogens with zero attached hydrogens (tertiary/aromatic N) is 1. The fourth-order valence-electron chi connectivity index (χ4n) is 4.47. The van der Waals surface area contributed by atoms with E-state index in [1.807, 2.05) is 12.1 Å². The highest BCUT2D eigenvalue weighted by atomic mass is 32.2. The molecule has 2 aromatic carbocycles. The number of rotatable bonds is 8. The van der Waals surface area contributed by atoms with Crippen molar-refractivity contribution < 1.29 is 28.2 Å². The van der Waals surface area contributed by atoms with Crippen LogP contribution in [0.25, 0.3) is 10.6 Å². The molecule has 1 saturated carbocycles. The number of carboxylic acids is 1. The lowest BCUT2D eigenvalue weighted by Gasteiger charge is -2.34. The smallest absolute Gasteiger partial charge is 0.338 e. The first-order valence-corrected chi connectivity index (χ1v) is 13.2. The maximum Gasteiger partial charge on any atom is 0.338 e. The van der Waals surface area contributed by atoms with Gasteiger partial charge in [-0.3, -0.25) is 0 Å². The van der Waals surface area contributed by atoms with Gasteiger partial charge in [-0.05, 0) is 54.7 Å². The van der Waals surface area contributed by atoms with E-state index in [9.17, 15) is 9.18 Å². The SMILES string of the molecule is COc1cc(C(=O)O)c(F)cc1NSc1csc(-c2ccc(C3CCC(C)(C)CC3)c(F)c2OC)n1. The van der Waals surface area contributed by atoms with Crippen molar-refractivity contribution >= 4 is 34.9 Å². The van der Waals surface area contributed by atoms with E-state index in [4.69, 9.17) is 14.6 Å². The highest BCUT2D eigenvalue weighted by Crippen LogP contribution is 2.46. The van der Waals surface area contributed by atoms with Crippen molar-refractivity contribution in [3.8, 4) is 22.1 Å². The van der Waals surface area contributed by atoms with Gasteiger partial charge in [-0.2, -0.15) is 0 Å². The number of nitrogens with one attached hydrogen (secondary N) is 1. The number of thiazole rings is 1. The van der Waals surface area contributed by atoms with Crippen molar-refractivity contribution in [3.05, 3.63) is 52.4 Å². The minimum absolute atomic E-state index is 0.176. The van der Waals surface area contributed by atoms with Crippen molar-refractivity contribution in [2.45, 2.75) is 50.5 Å². The van der Waals surface area contributed by atoms with Gasteiger partial charge in [0.05, 0.1) is 31.0 Å². The first-order chi connectivity index (χ1) is 17.1. The van der Waals surface area contributed by atoms with Crippen molar-refractivity contribution in [1.29, 1.82) is 0 Å². The minimum atomic E-state index is -1.38. The van der Waals surface area contributed by atoms with Crippen LogP contribution in [-0.2, 0) is 0 Å². The summed E-state index contributed by atoms with van der Waals surface area (Å²) in [6, 6.07) is 5.89. The van der Waals surface area contributed by atoms with Crippen LogP contribution in [-0.4, -0.2) is 30.3 Å². The van der Waals surface area contributed by atoms with E-state index >= 15 is 4.39 Å². The Labute approximate surface area is 217 Å². The van der Waals surface area contributed by atoms with Crippen LogP contribution in [0.3, 0.4) is 0 Å². The fourth-order valence-corrected chi connectivity index (χ4v) is 6.08. The van der Waals surface area contributed by atoms with E-state index in [0.29, 0.717) is 26.6 Å². The van der Waals surface area contributed by atoms with Gasteiger partial charge in [-0.15, -0.1) is 11.3 Å². The van der Waals surface area contributed by atoms with Crippen LogP contribution >= 0.6 is 23.3 Å². The van der Waals surface area contributed by atoms with Gasteiger partial charge in [0, 0.05) is 23.4 Å². The second-order valence-corrected chi connectivity index (χ2v) is 11.2. The van der Waals surface area contributed by atoms with Gasteiger partial charge < -0.3 is 19.3 Å². The number of ether oxygens (including phenoxy) is 2. The second kappa shape index (κ2) is 10.6. The van der Waals surface area contributed by atoms with Gasteiger partial charge in [0.1, 0.15) is 21.6 Å². The van der Waals surface area contributed by atoms with Gasteiger partial charge in [-0.1, -0.05) is 19.9 Å². The monoisotopic (exact) mass is 534 g/mol. The van der Waals surface area contributed by atoms with Crippen molar-refractivity contribution in [1.82, 2.24) is 4.98 Å². The van der Waals surface area contributed by atoms with Crippen LogP contribution in [0.5, 0.6) is 11.5 Å². The van der Waals surface area contributed by atoms with Crippen LogP contribution in [0.2, 0.25) is 0 Å². The van der Waals surface area contributed by atoms with Crippen LogP contribution in [0.4, 0.5) is 14.5 Å². The Morgan fingerprint density at radius 2 is 1.92 bits per heavy atom. The number of carbonyl (C=O) groups is 1. The largest absolute Gasteiger partial charge is 0.495 e. The standard InChI is InChI=1S/C26H28F2N2O4S2/c1-26(2)9-7-14(8-10-26)15-5-6-16(23(34-4)22(15)28)24-29-21(13-35-24)36-30-19-12-18(27)17(25(31)32)11-20(19)33-3/h5-6,11-14,30H,7-10H2,1-4H3,(H,31,32). The maximum absolute atomic E-state index is 15.5. The summed E-state index contributed by atoms with van der Waals surface area (Å²) in [5, 5.41) is 12.0. The molecule has 6 nitrogen and oxygen atoms in total. The molecule has 0 bridgehead atoms. The van der Waals surface area contributed by atoms with Gasteiger partial charge in [0.25, 0.3) is 0 Å². The number of benzene rings is 2. The number of aromatic nitrogens is 1. The molecule has 0 unspecified atom stereocenters. The summed E-state index contributed by atoms with van der Waals surface area (Å²) in [6.45, 7) is 4.52. The fraction of sp³-hybridized carbons (Fsp3) is 0.385. The molecule has 1 heterocycles. The molecule has 0 spiro atoms. The Bertz CT molecular complexity index is 1270. The van der Waals surface area contributed by atoms with Crippen LogP contribution in [0, 0.1) is 17.0 Å². The molecule has 1 fully saturated rings. The number of anilines is 1. The molecule has 192 valence electrons. The molecule has 0 radical (unpaired) electrons. The predicted molar refractivity (Wildman–Crippen MR) is 138 cm³/mol. The lowest BCUT2D eigenvalue weighted by Crippen LogP contribution is -2.20. The number of methoxy groups -OCH3 is 2. The Kier molecular flexibility index (Phi) is 7.75. The lowest BCUT2D eigenvalue weighted by molar-refractivity contribution is 0.0691. The summed E-state index contributed by atoms with van der Waals surface area (Å²) in [5.41, 5.74) is 1.35. The Balaban J connectivity index is 1.53. The Hall–Kier alpha value is -2.85. The van der Waals surface area contributed by atoms with Crippen LogP contribution in [0.1, 0.15) is 61.4 Å². The molecule has 4 rings (SSSR count). The van der Waals surface area contributed by atoms with Crippen molar-refractivity contribution in [2.24, 2.45) is 5.41 Å². The molecule has 10 heteroatoms. The molecule has 1 aliphatic rings. The molecule has 2 N–H and O–H groups in total. The lowest BCUT2D eigenvalue weighted by atomic mass is 9.71. The molecule has 1 aromatic heterocycles. The van der Waals surface area contributed by atoms with Crippen LogP contribution in [0.15, 0.2) is 34.7 Å². The van der Waals surface area contributed by atoms with E-state index in [-0.39, 0.29) is 28.9 Å². The van der Waals surface area contributed by atoms with E-state index in [2.05, 4.69) is 23.6 Å². The van der Waals surface area contributed by atoms with E-state index in [1.165, 1.54) is 25.6 Å². The summed E-state index contributed by atoms with van der Waals surface area (Å²) < 4.78 is 43.3. The summed E-state index contributed by atoms with van der Waals surface area (Å²) >= 11 is 2.44. The first kappa shape index (κ1) is 26.2. The Morgan fingerprint density at radius 1 is 1.19 bits per heavy atom. The highest BCUT2D eigenvalue weighted by molar-refractivity contribution is 8.00. The summed E-state index contributed by atoms with van der Waals surface area (Å²) in [5.74, 6) is -2.05. The second-order valence-electron chi connectivity index (χ2n) is 9.52. The summed E-state index contributed by atoms with van der Waals surface area (Å²) in [6.07, 6.45) is 4.03. The van der Waals surface area contributed by atoms with Gasteiger partial charge in [0.2, 0.25) is 0 Å². The number of halogens is 2. The quantitative estimate of drug-likeness (QED) is 0.288. The predicted octanol–water partition coefficient (Wildman–Crippen LogP) is 7.61. The number of aromatic carboxylic acids is 1. The molecular weight excluding hydrogens is 506 g/mol. The van der Waals surface area contributed by atoms with Gasteiger partial charge >= 0.3 is 5.97 Å². The van der Waals surface area contributed by atoms with E-state index < -0.39 is 17.3 Å².